The van der Waals surface area contributed by atoms with Gasteiger partial charge in [0, 0.05) is 17.5 Å². The van der Waals surface area contributed by atoms with Crippen LogP contribution < -0.4 is 10.9 Å². The Hall–Kier alpha value is -2.28. The van der Waals surface area contributed by atoms with Crippen LogP contribution in [0.3, 0.4) is 0 Å². The fraction of sp³-hybridized carbons (Fsp3) is 0.231. The number of carbonyl (C=O) groups excluding carboxylic acids is 2. The molecule has 2 aromatic heterocycles. The molecule has 2 aromatic rings. The Bertz CT molecular complexity index is 610. The quantitative estimate of drug-likeness (QED) is 0.843. The zero-order valence-corrected chi connectivity index (χ0v) is 11.9. The first-order valence-electron chi connectivity index (χ1n) is 6.05. The number of rotatable bonds is 3. The summed E-state index contributed by atoms with van der Waals surface area (Å²) in [6.07, 6.45) is 1.51. The number of pyridine rings is 1. The first kappa shape index (κ1) is 14.1. The molecular formula is C13H14N4O2S. The highest BCUT2D eigenvalue weighted by atomic mass is 32.1. The Labute approximate surface area is 120 Å². The SMILES string of the molecule is CC(C)c1nc(C(=O)NNC(=O)c2ccccn2)cs1. The lowest BCUT2D eigenvalue weighted by Crippen LogP contribution is -2.42. The van der Waals surface area contributed by atoms with Crippen LogP contribution in [0.25, 0.3) is 0 Å². The molecule has 0 aliphatic rings. The number of nitrogens with one attached hydrogen (secondary N) is 2. The molecule has 6 nitrogen and oxygen atoms in total. The number of amides is 2. The Morgan fingerprint density at radius 3 is 2.40 bits per heavy atom. The topological polar surface area (TPSA) is 84.0 Å². The molecule has 0 radical (unpaired) electrons. The molecule has 0 atom stereocenters. The van der Waals surface area contributed by atoms with E-state index in [1.807, 2.05) is 13.8 Å². The predicted octanol–water partition coefficient (Wildman–Crippen LogP) is 1.74. The van der Waals surface area contributed by atoms with E-state index in [4.69, 9.17) is 0 Å². The number of nitrogens with zero attached hydrogens (tertiary/aromatic N) is 2. The molecule has 0 unspecified atom stereocenters. The minimum Gasteiger partial charge on any atom is -0.266 e. The van der Waals surface area contributed by atoms with Crippen LogP contribution in [0.2, 0.25) is 0 Å². The summed E-state index contributed by atoms with van der Waals surface area (Å²) in [5.74, 6) is -0.652. The van der Waals surface area contributed by atoms with Gasteiger partial charge in [-0.05, 0) is 12.1 Å². The molecule has 0 saturated heterocycles. The highest BCUT2D eigenvalue weighted by Crippen LogP contribution is 2.18. The van der Waals surface area contributed by atoms with E-state index in [1.54, 1.807) is 23.6 Å². The van der Waals surface area contributed by atoms with Crippen molar-refractivity contribution in [1.29, 1.82) is 0 Å². The van der Waals surface area contributed by atoms with Crippen LogP contribution >= 0.6 is 11.3 Å². The zero-order chi connectivity index (χ0) is 14.5. The number of thiazole rings is 1. The molecule has 0 fully saturated rings. The summed E-state index contributed by atoms with van der Waals surface area (Å²) in [4.78, 5) is 31.6. The van der Waals surface area contributed by atoms with E-state index in [-0.39, 0.29) is 11.6 Å². The van der Waals surface area contributed by atoms with E-state index < -0.39 is 11.8 Å². The lowest BCUT2D eigenvalue weighted by Gasteiger charge is -2.05. The van der Waals surface area contributed by atoms with Crippen LogP contribution in [0.1, 0.15) is 45.7 Å². The highest BCUT2D eigenvalue weighted by molar-refractivity contribution is 7.09. The summed E-state index contributed by atoms with van der Waals surface area (Å²) in [5.41, 5.74) is 5.14. The van der Waals surface area contributed by atoms with Gasteiger partial charge in [0.15, 0.2) is 0 Å². The van der Waals surface area contributed by atoms with Gasteiger partial charge in [-0.1, -0.05) is 19.9 Å². The molecule has 0 bridgehead atoms. The minimum atomic E-state index is -0.474. The second-order valence-corrected chi connectivity index (χ2v) is 5.24. The summed E-state index contributed by atoms with van der Waals surface area (Å²) in [6, 6.07) is 4.96. The molecule has 0 saturated carbocycles. The monoisotopic (exact) mass is 290 g/mol. The van der Waals surface area contributed by atoms with E-state index in [1.165, 1.54) is 17.5 Å². The van der Waals surface area contributed by atoms with E-state index in [2.05, 4.69) is 20.8 Å². The third-order valence-corrected chi connectivity index (χ3v) is 3.58. The first-order chi connectivity index (χ1) is 9.58. The van der Waals surface area contributed by atoms with Crippen LogP contribution in [0.5, 0.6) is 0 Å². The number of carbonyl (C=O) groups is 2. The molecule has 2 heterocycles. The highest BCUT2D eigenvalue weighted by Gasteiger charge is 2.14. The van der Waals surface area contributed by atoms with E-state index in [9.17, 15) is 9.59 Å². The van der Waals surface area contributed by atoms with E-state index in [0.717, 1.165) is 5.01 Å². The van der Waals surface area contributed by atoms with Gasteiger partial charge >= 0.3 is 0 Å². The molecule has 0 aliphatic carbocycles. The van der Waals surface area contributed by atoms with Crippen molar-refractivity contribution >= 4 is 23.2 Å². The van der Waals surface area contributed by atoms with Crippen molar-refractivity contribution in [2.45, 2.75) is 19.8 Å². The second-order valence-electron chi connectivity index (χ2n) is 4.35. The van der Waals surface area contributed by atoms with Gasteiger partial charge in [-0.3, -0.25) is 25.4 Å². The first-order valence-corrected chi connectivity index (χ1v) is 6.93. The molecular weight excluding hydrogens is 276 g/mol. The number of aromatic nitrogens is 2. The molecule has 2 N–H and O–H groups in total. The third kappa shape index (κ3) is 3.39. The van der Waals surface area contributed by atoms with Crippen molar-refractivity contribution in [1.82, 2.24) is 20.8 Å². The molecule has 20 heavy (non-hydrogen) atoms. The predicted molar refractivity (Wildman–Crippen MR) is 75.4 cm³/mol. The maximum atomic E-state index is 11.8. The van der Waals surface area contributed by atoms with Gasteiger partial charge in [0.1, 0.15) is 11.4 Å². The average molecular weight is 290 g/mol. The Morgan fingerprint density at radius 2 is 1.85 bits per heavy atom. The van der Waals surface area contributed by atoms with Crippen molar-refractivity contribution < 1.29 is 9.59 Å². The van der Waals surface area contributed by atoms with Crippen LogP contribution in [0.4, 0.5) is 0 Å². The molecule has 104 valence electrons. The number of hydrazine groups is 1. The minimum absolute atomic E-state index is 0.231. The smallest absolute Gasteiger partial charge is 0.266 e. The van der Waals surface area contributed by atoms with Gasteiger partial charge in [-0.25, -0.2) is 4.98 Å². The lowest BCUT2D eigenvalue weighted by atomic mass is 10.2. The summed E-state index contributed by atoms with van der Waals surface area (Å²) in [5, 5.41) is 2.55. The van der Waals surface area contributed by atoms with Crippen LogP contribution in [-0.4, -0.2) is 21.8 Å². The lowest BCUT2D eigenvalue weighted by molar-refractivity contribution is 0.0841. The van der Waals surface area contributed by atoms with Crippen molar-refractivity contribution in [3.63, 3.8) is 0 Å². The maximum Gasteiger partial charge on any atom is 0.289 e. The van der Waals surface area contributed by atoms with Gasteiger partial charge in [0.25, 0.3) is 11.8 Å². The normalized spacial score (nSPS) is 10.3. The maximum absolute atomic E-state index is 11.8. The fourth-order valence-electron chi connectivity index (χ4n) is 1.40. The summed E-state index contributed by atoms with van der Waals surface area (Å²) in [6.45, 7) is 4.01. The fourth-order valence-corrected chi connectivity index (χ4v) is 2.21. The third-order valence-electron chi connectivity index (χ3n) is 2.44. The number of hydrogen-bond donors (Lipinski definition) is 2. The molecule has 2 rings (SSSR count). The van der Waals surface area contributed by atoms with Crippen LogP contribution in [0, 0.1) is 0 Å². The molecule has 0 aliphatic heterocycles. The van der Waals surface area contributed by atoms with Crippen molar-refractivity contribution in [2.24, 2.45) is 0 Å². The van der Waals surface area contributed by atoms with Gasteiger partial charge in [-0.2, -0.15) is 0 Å². The van der Waals surface area contributed by atoms with Crippen molar-refractivity contribution in [3.05, 3.63) is 46.2 Å². The zero-order valence-electron chi connectivity index (χ0n) is 11.1. The Balaban J connectivity index is 1.93. The van der Waals surface area contributed by atoms with Crippen LogP contribution in [-0.2, 0) is 0 Å². The Morgan fingerprint density at radius 1 is 1.15 bits per heavy atom. The summed E-state index contributed by atoms with van der Waals surface area (Å²) in [7, 11) is 0. The largest absolute Gasteiger partial charge is 0.289 e. The van der Waals surface area contributed by atoms with Crippen molar-refractivity contribution in [3.8, 4) is 0 Å². The van der Waals surface area contributed by atoms with Crippen molar-refractivity contribution in [2.75, 3.05) is 0 Å². The average Bonchev–Trinajstić information content (AvgIpc) is 2.95. The Kier molecular flexibility index (Phi) is 4.41. The standard InChI is InChI=1S/C13H14N4O2S/c1-8(2)13-15-10(7-20-13)12(19)17-16-11(18)9-5-3-4-6-14-9/h3-8H,1-2H3,(H,16,18)(H,17,19). The molecule has 0 aromatic carbocycles. The van der Waals surface area contributed by atoms with E-state index in [0.29, 0.717) is 5.69 Å². The molecule has 7 heteroatoms. The van der Waals surface area contributed by atoms with Gasteiger partial charge in [0.05, 0.1) is 5.01 Å². The molecule has 2 amide bonds. The second kappa shape index (κ2) is 6.25. The summed E-state index contributed by atoms with van der Waals surface area (Å²) >= 11 is 1.42. The van der Waals surface area contributed by atoms with Crippen LogP contribution in [0.15, 0.2) is 29.8 Å². The molecule has 0 spiro atoms. The van der Waals surface area contributed by atoms with E-state index >= 15 is 0 Å². The number of hydrogen-bond acceptors (Lipinski definition) is 5. The van der Waals surface area contributed by atoms with Gasteiger partial charge < -0.3 is 0 Å². The summed E-state index contributed by atoms with van der Waals surface area (Å²) < 4.78 is 0. The van der Waals surface area contributed by atoms with Gasteiger partial charge in [0.2, 0.25) is 0 Å². The van der Waals surface area contributed by atoms with Gasteiger partial charge in [-0.15, -0.1) is 11.3 Å².